The quantitative estimate of drug-likeness (QED) is 0.477. The van der Waals surface area contributed by atoms with Crippen LogP contribution in [0.4, 0.5) is 5.69 Å². The van der Waals surface area contributed by atoms with Crippen LogP contribution in [0.1, 0.15) is 17.4 Å². The van der Waals surface area contributed by atoms with E-state index in [-0.39, 0.29) is 18.0 Å². The minimum Gasteiger partial charge on any atom is -0.461 e. The highest BCUT2D eigenvalue weighted by atomic mass is 16.6. The summed E-state index contributed by atoms with van der Waals surface area (Å²) in [6.07, 6.45) is 2.74. The van der Waals surface area contributed by atoms with Gasteiger partial charge in [0.15, 0.2) is 5.69 Å². The van der Waals surface area contributed by atoms with Gasteiger partial charge < -0.3 is 4.74 Å². The van der Waals surface area contributed by atoms with E-state index in [0.29, 0.717) is 5.69 Å². The van der Waals surface area contributed by atoms with Gasteiger partial charge in [0.2, 0.25) is 0 Å². The molecule has 0 aliphatic heterocycles. The topological polar surface area (TPSA) is 87.3 Å². The molecule has 7 nitrogen and oxygen atoms in total. The van der Waals surface area contributed by atoms with Crippen LogP contribution in [0.5, 0.6) is 0 Å². The highest BCUT2D eigenvalue weighted by molar-refractivity contribution is 5.87. The third-order valence-corrected chi connectivity index (χ3v) is 2.42. The van der Waals surface area contributed by atoms with E-state index in [2.05, 4.69) is 4.98 Å². The Kier molecular flexibility index (Phi) is 3.56. The van der Waals surface area contributed by atoms with E-state index in [9.17, 15) is 14.9 Å². The monoisotopic (exact) mass is 261 g/mol. The Morgan fingerprint density at radius 3 is 2.89 bits per heavy atom. The molecule has 0 spiro atoms. The van der Waals surface area contributed by atoms with Crippen LogP contribution in [0, 0.1) is 10.1 Å². The number of nitro groups is 1. The first kappa shape index (κ1) is 12.7. The van der Waals surface area contributed by atoms with Crippen molar-refractivity contribution < 1.29 is 14.5 Å². The number of aromatic nitrogens is 2. The number of hydrogen-bond acceptors (Lipinski definition) is 5. The van der Waals surface area contributed by atoms with Crippen LogP contribution in [0.3, 0.4) is 0 Å². The maximum atomic E-state index is 11.5. The van der Waals surface area contributed by atoms with Crippen LogP contribution in [0.15, 0.2) is 36.8 Å². The summed E-state index contributed by atoms with van der Waals surface area (Å²) in [5.74, 6) is -0.556. The second kappa shape index (κ2) is 5.30. The Morgan fingerprint density at radius 1 is 1.47 bits per heavy atom. The van der Waals surface area contributed by atoms with E-state index in [1.807, 2.05) is 0 Å². The third kappa shape index (κ3) is 2.59. The van der Waals surface area contributed by atoms with Crippen molar-refractivity contribution in [1.82, 2.24) is 9.55 Å². The van der Waals surface area contributed by atoms with E-state index in [1.165, 1.54) is 23.2 Å². The molecular formula is C12H11N3O4. The van der Waals surface area contributed by atoms with Crippen LogP contribution in [-0.2, 0) is 4.74 Å². The molecular weight excluding hydrogens is 250 g/mol. The van der Waals surface area contributed by atoms with E-state index < -0.39 is 10.9 Å². The van der Waals surface area contributed by atoms with Crippen molar-refractivity contribution >= 4 is 11.7 Å². The van der Waals surface area contributed by atoms with Crippen molar-refractivity contribution in [1.29, 1.82) is 0 Å². The number of nitro benzene ring substituents is 1. The molecule has 0 saturated heterocycles. The molecule has 0 amide bonds. The molecule has 0 atom stereocenters. The molecule has 1 aromatic carbocycles. The van der Waals surface area contributed by atoms with Gasteiger partial charge in [-0.2, -0.15) is 0 Å². The number of benzene rings is 1. The second-order valence-corrected chi connectivity index (χ2v) is 3.63. The summed E-state index contributed by atoms with van der Waals surface area (Å²) in [5, 5.41) is 10.9. The SMILES string of the molecule is CCOC(=O)c1cn(-c2ccccc2[N+](=O)[O-])cn1. The Balaban J connectivity index is 2.38. The van der Waals surface area contributed by atoms with Gasteiger partial charge in [0.25, 0.3) is 5.69 Å². The summed E-state index contributed by atoms with van der Waals surface area (Å²) >= 11 is 0. The molecule has 2 rings (SSSR count). The molecule has 0 unspecified atom stereocenters. The number of rotatable bonds is 4. The summed E-state index contributed by atoms with van der Waals surface area (Å²) in [6, 6.07) is 6.21. The Morgan fingerprint density at radius 2 is 2.21 bits per heavy atom. The lowest BCUT2D eigenvalue weighted by molar-refractivity contribution is -0.384. The molecule has 98 valence electrons. The highest BCUT2D eigenvalue weighted by Crippen LogP contribution is 2.22. The minimum absolute atomic E-state index is 0.0599. The van der Waals surface area contributed by atoms with Gasteiger partial charge in [0.05, 0.1) is 11.5 Å². The van der Waals surface area contributed by atoms with Crippen molar-refractivity contribution in [3.63, 3.8) is 0 Å². The van der Waals surface area contributed by atoms with Crippen molar-refractivity contribution in [2.24, 2.45) is 0 Å². The average Bonchev–Trinajstić information content (AvgIpc) is 2.88. The summed E-state index contributed by atoms with van der Waals surface area (Å²) < 4.78 is 6.23. The first-order valence-electron chi connectivity index (χ1n) is 5.58. The maximum absolute atomic E-state index is 11.5. The molecule has 1 aromatic heterocycles. The predicted molar refractivity (Wildman–Crippen MR) is 66.2 cm³/mol. The smallest absolute Gasteiger partial charge is 0.358 e. The van der Waals surface area contributed by atoms with E-state index in [0.717, 1.165) is 0 Å². The third-order valence-electron chi connectivity index (χ3n) is 2.42. The van der Waals surface area contributed by atoms with E-state index in [1.54, 1.807) is 25.1 Å². The molecule has 0 radical (unpaired) electrons. The Labute approximate surface area is 108 Å². The number of para-hydroxylation sites is 2. The van der Waals surface area contributed by atoms with Gasteiger partial charge in [-0.05, 0) is 13.0 Å². The van der Waals surface area contributed by atoms with E-state index in [4.69, 9.17) is 4.74 Å². The van der Waals surface area contributed by atoms with Gasteiger partial charge in [-0.3, -0.25) is 14.7 Å². The Bertz CT molecular complexity index is 621. The zero-order valence-corrected chi connectivity index (χ0v) is 10.1. The van der Waals surface area contributed by atoms with Crippen LogP contribution in [-0.4, -0.2) is 27.1 Å². The fourth-order valence-electron chi connectivity index (χ4n) is 1.60. The molecule has 7 heteroatoms. The minimum atomic E-state index is -0.556. The van der Waals surface area contributed by atoms with Crippen molar-refractivity contribution in [3.05, 3.63) is 52.6 Å². The van der Waals surface area contributed by atoms with Gasteiger partial charge in [-0.15, -0.1) is 0 Å². The van der Waals surface area contributed by atoms with Crippen LogP contribution in [0.2, 0.25) is 0 Å². The number of carbonyl (C=O) groups is 1. The molecule has 0 fully saturated rings. The first-order valence-corrected chi connectivity index (χ1v) is 5.58. The average molecular weight is 261 g/mol. The van der Waals surface area contributed by atoms with Crippen LogP contribution < -0.4 is 0 Å². The molecule has 0 bridgehead atoms. The highest BCUT2D eigenvalue weighted by Gasteiger charge is 2.16. The van der Waals surface area contributed by atoms with Crippen LogP contribution >= 0.6 is 0 Å². The second-order valence-electron chi connectivity index (χ2n) is 3.63. The number of imidazole rings is 1. The molecule has 2 aromatic rings. The number of hydrogen-bond donors (Lipinski definition) is 0. The standard InChI is InChI=1S/C12H11N3O4/c1-2-19-12(16)9-7-14(8-13-9)10-5-3-4-6-11(10)15(17)18/h3-8H,2H2,1H3. The zero-order chi connectivity index (χ0) is 13.8. The number of ether oxygens (including phenoxy) is 1. The first-order chi connectivity index (χ1) is 9.13. The summed E-state index contributed by atoms with van der Waals surface area (Å²) in [7, 11) is 0. The lowest BCUT2D eigenvalue weighted by Gasteiger charge is -2.02. The van der Waals surface area contributed by atoms with Crippen molar-refractivity contribution in [3.8, 4) is 5.69 Å². The normalized spacial score (nSPS) is 10.2. The predicted octanol–water partition coefficient (Wildman–Crippen LogP) is 1.96. The van der Waals surface area contributed by atoms with Gasteiger partial charge in [0.1, 0.15) is 12.0 Å². The number of carbonyl (C=O) groups excluding carboxylic acids is 1. The zero-order valence-electron chi connectivity index (χ0n) is 10.1. The molecule has 0 aliphatic carbocycles. The van der Waals surface area contributed by atoms with E-state index >= 15 is 0 Å². The summed E-state index contributed by atoms with van der Waals surface area (Å²) in [5.41, 5.74) is 0.394. The molecule has 19 heavy (non-hydrogen) atoms. The van der Waals surface area contributed by atoms with Gasteiger partial charge in [-0.25, -0.2) is 9.78 Å². The fourth-order valence-corrected chi connectivity index (χ4v) is 1.60. The maximum Gasteiger partial charge on any atom is 0.358 e. The summed E-state index contributed by atoms with van der Waals surface area (Å²) in [4.78, 5) is 25.8. The van der Waals surface area contributed by atoms with Crippen LogP contribution in [0.25, 0.3) is 5.69 Å². The van der Waals surface area contributed by atoms with Gasteiger partial charge >= 0.3 is 5.97 Å². The largest absolute Gasteiger partial charge is 0.461 e. The van der Waals surface area contributed by atoms with Gasteiger partial charge in [0, 0.05) is 12.3 Å². The molecule has 1 heterocycles. The molecule has 0 saturated carbocycles. The number of esters is 1. The molecule has 0 N–H and O–H groups in total. The summed E-state index contributed by atoms with van der Waals surface area (Å²) in [6.45, 7) is 1.94. The van der Waals surface area contributed by atoms with Crippen molar-refractivity contribution in [2.45, 2.75) is 6.92 Å². The lowest BCUT2D eigenvalue weighted by atomic mass is 10.2. The lowest BCUT2D eigenvalue weighted by Crippen LogP contribution is -2.04. The van der Waals surface area contributed by atoms with Crippen molar-refractivity contribution in [2.75, 3.05) is 6.61 Å². The Hall–Kier alpha value is -2.70. The fraction of sp³-hybridized carbons (Fsp3) is 0.167. The molecule has 0 aliphatic rings. The van der Waals surface area contributed by atoms with Gasteiger partial charge in [-0.1, -0.05) is 12.1 Å². The number of nitrogens with zero attached hydrogens (tertiary/aromatic N) is 3.